The van der Waals surface area contributed by atoms with E-state index in [1.54, 1.807) is 18.2 Å². The van der Waals surface area contributed by atoms with Gasteiger partial charge in [0.05, 0.1) is 22.3 Å². The normalized spacial score (nSPS) is 13.1. The molecule has 0 aliphatic heterocycles. The Morgan fingerprint density at radius 2 is 1.45 bits per heavy atom. The second-order valence-electron chi connectivity index (χ2n) is 14.0. The average molecular weight is 664 g/mol. The third kappa shape index (κ3) is 4.90. The molecule has 3 aromatic heterocycles. The molecule has 0 radical (unpaired) electrons. The fraction of sp³-hybridized carbons (Fsp3) is 0.152. The van der Waals surface area contributed by atoms with E-state index in [0.29, 0.717) is 17.1 Å². The Bertz CT molecular complexity index is 2990. The number of para-hydroxylation sites is 1. The summed E-state index contributed by atoms with van der Waals surface area (Å²) in [6.07, 6.45) is 0. The highest BCUT2D eigenvalue weighted by Gasteiger charge is 2.26. The third-order valence-corrected chi connectivity index (χ3v) is 10.1. The van der Waals surface area contributed by atoms with Crippen LogP contribution >= 0.6 is 0 Å². The lowest BCUT2D eigenvalue weighted by molar-refractivity contribution is 0.654. The standard InChI is InChI=1S/C46H36N4O/c1-26(2)38-23-33(32-16-15-29-9-6-7-10-31(29)22-32)24-39(27(3)4)42(38)50-43-40-21-28(5)13-14-30(40)17-20-41(43)49-45(50)37-12-8-11-35-36-19-18-34(25-47)48-46(36)51-44(35)37/h6-24,26-27H,1-5H3/i5D3. The van der Waals surface area contributed by atoms with Crippen molar-refractivity contribution in [3.8, 4) is 34.3 Å². The number of aromatic nitrogens is 3. The lowest BCUT2D eigenvalue weighted by Crippen LogP contribution is -2.09. The Kier molecular flexibility index (Phi) is 6.31. The summed E-state index contributed by atoms with van der Waals surface area (Å²) < 4.78 is 33.6. The molecule has 0 aliphatic carbocycles. The van der Waals surface area contributed by atoms with Crippen molar-refractivity contribution >= 4 is 54.6 Å². The van der Waals surface area contributed by atoms with Crippen molar-refractivity contribution in [2.45, 2.75) is 46.4 Å². The van der Waals surface area contributed by atoms with Crippen LogP contribution in [0.15, 0.2) is 120 Å². The number of fused-ring (bicyclic) bond motifs is 7. The molecule has 0 aliphatic rings. The summed E-state index contributed by atoms with van der Waals surface area (Å²) in [5.41, 5.74) is 9.47. The van der Waals surface area contributed by atoms with Crippen molar-refractivity contribution < 1.29 is 8.53 Å². The van der Waals surface area contributed by atoms with Crippen LogP contribution in [-0.4, -0.2) is 14.5 Å². The summed E-state index contributed by atoms with van der Waals surface area (Å²) in [6.45, 7) is 6.58. The highest BCUT2D eigenvalue weighted by molar-refractivity contribution is 6.11. The van der Waals surface area contributed by atoms with Crippen LogP contribution in [0.1, 0.15) is 66.0 Å². The zero-order valence-corrected chi connectivity index (χ0v) is 28.8. The second kappa shape index (κ2) is 11.7. The van der Waals surface area contributed by atoms with E-state index < -0.39 is 6.85 Å². The van der Waals surface area contributed by atoms with Gasteiger partial charge in [-0.3, -0.25) is 4.57 Å². The second-order valence-corrected chi connectivity index (χ2v) is 14.0. The fourth-order valence-electron chi connectivity index (χ4n) is 7.56. The van der Waals surface area contributed by atoms with Crippen molar-refractivity contribution in [3.63, 3.8) is 0 Å². The number of rotatable bonds is 5. The summed E-state index contributed by atoms with van der Waals surface area (Å²) in [4.78, 5) is 9.85. The van der Waals surface area contributed by atoms with Crippen LogP contribution in [0.4, 0.5) is 0 Å². The molecular weight excluding hydrogens is 625 g/mol. The average Bonchev–Trinajstić information content (AvgIpc) is 3.75. The number of nitriles is 1. The zero-order chi connectivity index (χ0) is 37.5. The predicted octanol–water partition coefficient (Wildman–Crippen LogP) is 12.4. The van der Waals surface area contributed by atoms with Crippen LogP contribution in [0.2, 0.25) is 0 Å². The van der Waals surface area contributed by atoms with Gasteiger partial charge in [-0.2, -0.15) is 5.26 Å². The van der Waals surface area contributed by atoms with Crippen molar-refractivity contribution in [1.29, 1.82) is 5.26 Å². The van der Waals surface area contributed by atoms with Crippen LogP contribution in [0, 0.1) is 18.2 Å². The molecule has 6 aromatic carbocycles. The van der Waals surface area contributed by atoms with Gasteiger partial charge in [0.1, 0.15) is 23.2 Å². The molecule has 9 rings (SSSR count). The molecule has 0 N–H and O–H groups in total. The van der Waals surface area contributed by atoms with Gasteiger partial charge in [-0.05, 0) is 106 Å². The minimum atomic E-state index is -2.28. The van der Waals surface area contributed by atoms with Gasteiger partial charge in [-0.1, -0.05) is 100.0 Å². The van der Waals surface area contributed by atoms with E-state index in [1.807, 2.05) is 42.5 Å². The lowest BCUT2D eigenvalue weighted by Gasteiger charge is -2.25. The van der Waals surface area contributed by atoms with E-state index in [9.17, 15) is 5.26 Å². The molecule has 5 heteroatoms. The summed E-state index contributed by atoms with van der Waals surface area (Å²) >= 11 is 0. The van der Waals surface area contributed by atoms with Gasteiger partial charge in [0, 0.05) is 20.3 Å². The van der Waals surface area contributed by atoms with Crippen molar-refractivity contribution in [3.05, 3.63) is 138 Å². The first kappa shape index (κ1) is 27.6. The van der Waals surface area contributed by atoms with Gasteiger partial charge >= 0.3 is 0 Å². The van der Waals surface area contributed by atoms with E-state index in [-0.39, 0.29) is 23.1 Å². The molecule has 0 saturated heterocycles. The van der Waals surface area contributed by atoms with Crippen LogP contribution in [-0.2, 0) is 0 Å². The van der Waals surface area contributed by atoms with Crippen molar-refractivity contribution in [1.82, 2.24) is 14.5 Å². The number of furan rings is 1. The van der Waals surface area contributed by atoms with Gasteiger partial charge in [-0.15, -0.1) is 0 Å². The Balaban J connectivity index is 1.42. The number of hydrogen-bond donors (Lipinski definition) is 0. The number of imidazole rings is 1. The number of pyridine rings is 1. The molecule has 0 unspecified atom stereocenters. The lowest BCUT2D eigenvalue weighted by atomic mass is 9.87. The Morgan fingerprint density at radius 3 is 2.22 bits per heavy atom. The highest BCUT2D eigenvalue weighted by Crippen LogP contribution is 2.44. The molecule has 0 saturated carbocycles. The van der Waals surface area contributed by atoms with Crippen molar-refractivity contribution in [2.24, 2.45) is 0 Å². The molecule has 5 nitrogen and oxygen atoms in total. The molecule has 246 valence electrons. The molecule has 0 spiro atoms. The Morgan fingerprint density at radius 1 is 0.686 bits per heavy atom. The largest absolute Gasteiger partial charge is 0.437 e. The molecule has 0 atom stereocenters. The van der Waals surface area contributed by atoms with Crippen LogP contribution in [0.5, 0.6) is 0 Å². The Hall–Kier alpha value is -6.25. The van der Waals surface area contributed by atoms with Crippen molar-refractivity contribution in [2.75, 3.05) is 0 Å². The van der Waals surface area contributed by atoms with Gasteiger partial charge in [0.2, 0.25) is 5.71 Å². The predicted molar refractivity (Wildman–Crippen MR) is 210 cm³/mol. The molecule has 9 aromatic rings. The first-order chi connectivity index (χ1) is 26.0. The molecule has 0 fully saturated rings. The first-order valence-electron chi connectivity index (χ1n) is 18.9. The monoisotopic (exact) mass is 663 g/mol. The molecule has 3 heterocycles. The zero-order valence-electron chi connectivity index (χ0n) is 31.8. The summed E-state index contributed by atoms with van der Waals surface area (Å²) in [5.74, 6) is 0.905. The Labute approximate surface area is 300 Å². The summed E-state index contributed by atoms with van der Waals surface area (Å²) in [6, 6.07) is 40.8. The molecular formula is C46H36N4O. The molecule has 0 bridgehead atoms. The van der Waals surface area contributed by atoms with Gasteiger partial charge in [-0.25, -0.2) is 9.97 Å². The number of hydrogen-bond acceptors (Lipinski definition) is 4. The first-order valence-corrected chi connectivity index (χ1v) is 17.4. The van der Waals surface area contributed by atoms with Crippen LogP contribution in [0.3, 0.4) is 0 Å². The van der Waals surface area contributed by atoms with Crippen LogP contribution in [0.25, 0.3) is 82.8 Å². The van der Waals surface area contributed by atoms with E-state index in [2.05, 4.69) is 97.9 Å². The summed E-state index contributed by atoms with van der Waals surface area (Å²) in [7, 11) is 0. The van der Waals surface area contributed by atoms with E-state index in [1.165, 1.54) is 10.8 Å². The molecule has 51 heavy (non-hydrogen) atoms. The van der Waals surface area contributed by atoms with E-state index >= 15 is 0 Å². The van der Waals surface area contributed by atoms with Gasteiger partial charge in [0.15, 0.2) is 0 Å². The minimum absolute atomic E-state index is 0.117. The maximum Gasteiger partial charge on any atom is 0.228 e. The number of aryl methyl sites for hydroxylation is 1. The number of nitrogens with zero attached hydrogens (tertiary/aromatic N) is 4. The minimum Gasteiger partial charge on any atom is -0.437 e. The highest BCUT2D eigenvalue weighted by atomic mass is 16.3. The van der Waals surface area contributed by atoms with E-state index in [0.717, 1.165) is 66.1 Å². The smallest absolute Gasteiger partial charge is 0.228 e. The number of benzene rings is 6. The maximum absolute atomic E-state index is 9.58. The SMILES string of the molecule is [2H]C([2H])([2H])c1ccc2ccc3nc(-c4cccc5c4oc4nc(C#N)ccc45)n(-c4c(C(C)C)cc(-c5ccc6ccccc6c5)cc4C(C)C)c3c2c1. The maximum atomic E-state index is 9.58. The van der Waals surface area contributed by atoms with Gasteiger partial charge < -0.3 is 4.42 Å². The van der Waals surface area contributed by atoms with Crippen LogP contribution < -0.4 is 0 Å². The third-order valence-electron chi connectivity index (χ3n) is 10.1. The quantitative estimate of drug-likeness (QED) is 0.184. The molecule has 0 amide bonds. The fourth-order valence-corrected chi connectivity index (χ4v) is 7.56. The summed E-state index contributed by atoms with van der Waals surface area (Å²) in [5, 5.41) is 15.4. The topological polar surface area (TPSA) is 67.6 Å². The van der Waals surface area contributed by atoms with E-state index in [4.69, 9.17) is 13.5 Å². The van der Waals surface area contributed by atoms with Gasteiger partial charge in [0.25, 0.3) is 0 Å².